The van der Waals surface area contributed by atoms with Gasteiger partial charge in [0.25, 0.3) is 0 Å². The molecule has 0 fully saturated rings. The van der Waals surface area contributed by atoms with E-state index in [1.807, 2.05) is 30.3 Å². The smallest absolute Gasteiger partial charge is 0.315 e. The van der Waals surface area contributed by atoms with Gasteiger partial charge < -0.3 is 9.47 Å². The molecule has 0 heterocycles. The maximum atomic E-state index is 11.2. The Kier molecular flexibility index (Phi) is 5.08. The topological polar surface area (TPSA) is 78.7 Å². The first-order valence-corrected chi connectivity index (χ1v) is 6.72. The first kappa shape index (κ1) is 15.5. The fourth-order valence-electron chi connectivity index (χ4n) is 1.95. The summed E-state index contributed by atoms with van der Waals surface area (Å²) in [5, 5.41) is 11.2. The molecule has 0 radical (unpaired) electrons. The Morgan fingerprint density at radius 2 is 1.91 bits per heavy atom. The molecule has 6 nitrogen and oxygen atoms in total. The fraction of sp³-hybridized carbons (Fsp3) is 0.188. The second-order valence-corrected chi connectivity index (χ2v) is 4.45. The predicted octanol–water partition coefficient (Wildman–Crippen LogP) is 3.39. The Morgan fingerprint density at radius 1 is 1.18 bits per heavy atom. The zero-order chi connectivity index (χ0) is 15.9. The van der Waals surface area contributed by atoms with Gasteiger partial charge in [0.05, 0.1) is 11.5 Å². The number of hydrogen-bond acceptors (Lipinski definition) is 5. The minimum atomic E-state index is -0.587. The average Bonchev–Trinajstić information content (AvgIpc) is 2.54. The molecule has 2 rings (SSSR count). The SMILES string of the molecule is CCOc1cc(C=O)cc([N+](=O)[O-])c1OCc1ccccc1. The normalized spacial score (nSPS) is 10.0. The monoisotopic (exact) mass is 301 g/mol. The van der Waals surface area contributed by atoms with E-state index in [9.17, 15) is 14.9 Å². The van der Waals surface area contributed by atoms with E-state index in [-0.39, 0.29) is 29.4 Å². The number of aldehydes is 1. The van der Waals surface area contributed by atoms with Crippen LogP contribution < -0.4 is 9.47 Å². The van der Waals surface area contributed by atoms with Crippen LogP contribution in [-0.2, 0) is 6.61 Å². The number of ether oxygens (including phenoxy) is 2. The Morgan fingerprint density at radius 3 is 2.50 bits per heavy atom. The third-order valence-corrected chi connectivity index (χ3v) is 2.92. The van der Waals surface area contributed by atoms with Crippen LogP contribution in [0.1, 0.15) is 22.8 Å². The molecule has 114 valence electrons. The molecule has 0 bridgehead atoms. The van der Waals surface area contributed by atoms with Crippen molar-refractivity contribution in [2.75, 3.05) is 6.61 Å². The van der Waals surface area contributed by atoms with Crippen molar-refractivity contribution in [2.24, 2.45) is 0 Å². The molecule has 6 heteroatoms. The Bertz CT molecular complexity index is 670. The molecular weight excluding hydrogens is 286 g/mol. The molecule has 22 heavy (non-hydrogen) atoms. The maximum Gasteiger partial charge on any atom is 0.315 e. The summed E-state index contributed by atoms with van der Waals surface area (Å²) in [5.74, 6) is 0.219. The standard InChI is InChI=1S/C16H15NO5/c1-2-21-15-9-13(10-18)8-14(17(19)20)16(15)22-11-12-6-4-3-5-7-12/h3-10H,2,11H2,1H3. The molecule has 0 amide bonds. The quantitative estimate of drug-likeness (QED) is 0.445. The van der Waals surface area contributed by atoms with Crippen molar-refractivity contribution in [3.63, 3.8) is 0 Å². The highest BCUT2D eigenvalue weighted by Crippen LogP contribution is 2.38. The summed E-state index contributed by atoms with van der Waals surface area (Å²) in [6.07, 6.45) is 0.538. The van der Waals surface area contributed by atoms with Gasteiger partial charge in [-0.3, -0.25) is 14.9 Å². The summed E-state index contributed by atoms with van der Waals surface area (Å²) >= 11 is 0. The number of nitro groups is 1. The number of carbonyl (C=O) groups excluding carboxylic acids is 1. The highest BCUT2D eigenvalue weighted by atomic mass is 16.6. The van der Waals surface area contributed by atoms with Gasteiger partial charge in [-0.2, -0.15) is 0 Å². The third kappa shape index (κ3) is 3.60. The van der Waals surface area contributed by atoms with Crippen molar-refractivity contribution < 1.29 is 19.2 Å². The van der Waals surface area contributed by atoms with Gasteiger partial charge in [-0.25, -0.2) is 0 Å². The minimum Gasteiger partial charge on any atom is -0.490 e. The van der Waals surface area contributed by atoms with Crippen LogP contribution in [0.2, 0.25) is 0 Å². The van der Waals surface area contributed by atoms with E-state index in [0.29, 0.717) is 12.9 Å². The van der Waals surface area contributed by atoms with E-state index in [0.717, 1.165) is 5.56 Å². The maximum absolute atomic E-state index is 11.2. The molecule has 0 unspecified atom stereocenters. The van der Waals surface area contributed by atoms with Gasteiger partial charge in [0.1, 0.15) is 12.9 Å². The van der Waals surface area contributed by atoms with E-state index in [2.05, 4.69) is 0 Å². The van der Waals surface area contributed by atoms with Gasteiger partial charge in [0.15, 0.2) is 5.75 Å². The van der Waals surface area contributed by atoms with E-state index >= 15 is 0 Å². The van der Waals surface area contributed by atoms with E-state index in [1.54, 1.807) is 6.92 Å². The van der Waals surface area contributed by atoms with Crippen LogP contribution in [0.3, 0.4) is 0 Å². The van der Waals surface area contributed by atoms with Crippen LogP contribution in [0.15, 0.2) is 42.5 Å². The lowest BCUT2D eigenvalue weighted by Gasteiger charge is -2.12. The molecule has 0 N–H and O–H groups in total. The van der Waals surface area contributed by atoms with Crippen molar-refractivity contribution in [1.29, 1.82) is 0 Å². The number of benzene rings is 2. The van der Waals surface area contributed by atoms with Gasteiger partial charge in [0, 0.05) is 11.6 Å². The highest BCUT2D eigenvalue weighted by Gasteiger charge is 2.22. The van der Waals surface area contributed by atoms with E-state index < -0.39 is 4.92 Å². The van der Waals surface area contributed by atoms with Crippen molar-refractivity contribution >= 4 is 12.0 Å². The number of carbonyl (C=O) groups is 1. The number of nitro benzene ring substituents is 1. The third-order valence-electron chi connectivity index (χ3n) is 2.92. The summed E-state index contributed by atoms with van der Waals surface area (Å²) < 4.78 is 11.0. The summed E-state index contributed by atoms with van der Waals surface area (Å²) in [4.78, 5) is 21.5. The molecule has 0 spiro atoms. The molecule has 0 aromatic heterocycles. The number of rotatable bonds is 7. The van der Waals surface area contributed by atoms with Crippen molar-refractivity contribution in [3.8, 4) is 11.5 Å². The molecule has 0 saturated heterocycles. The largest absolute Gasteiger partial charge is 0.490 e. The second-order valence-electron chi connectivity index (χ2n) is 4.45. The summed E-state index contributed by atoms with van der Waals surface area (Å²) in [6, 6.07) is 11.9. The zero-order valence-corrected chi connectivity index (χ0v) is 12.0. The van der Waals surface area contributed by atoms with Crippen LogP contribution in [-0.4, -0.2) is 17.8 Å². The highest BCUT2D eigenvalue weighted by molar-refractivity contribution is 5.79. The lowest BCUT2D eigenvalue weighted by Crippen LogP contribution is -2.04. The Labute approximate surface area is 127 Å². The molecular formula is C16H15NO5. The number of hydrogen-bond donors (Lipinski definition) is 0. The second kappa shape index (κ2) is 7.21. The Balaban J connectivity index is 2.37. The van der Waals surface area contributed by atoms with E-state index in [1.165, 1.54) is 12.1 Å². The Hall–Kier alpha value is -2.89. The van der Waals surface area contributed by atoms with Gasteiger partial charge in [0.2, 0.25) is 5.75 Å². The van der Waals surface area contributed by atoms with Gasteiger partial charge in [-0.15, -0.1) is 0 Å². The molecule has 0 aliphatic carbocycles. The van der Waals surface area contributed by atoms with Gasteiger partial charge in [-0.05, 0) is 18.6 Å². The van der Waals surface area contributed by atoms with Gasteiger partial charge in [-0.1, -0.05) is 30.3 Å². The zero-order valence-electron chi connectivity index (χ0n) is 12.0. The predicted molar refractivity (Wildman–Crippen MR) is 80.4 cm³/mol. The van der Waals surface area contributed by atoms with E-state index in [4.69, 9.17) is 9.47 Å². The van der Waals surface area contributed by atoms with Crippen LogP contribution in [0.25, 0.3) is 0 Å². The number of nitrogens with zero attached hydrogens (tertiary/aromatic N) is 1. The lowest BCUT2D eigenvalue weighted by molar-refractivity contribution is -0.386. The van der Waals surface area contributed by atoms with Crippen molar-refractivity contribution in [3.05, 3.63) is 63.7 Å². The first-order valence-electron chi connectivity index (χ1n) is 6.72. The first-order chi connectivity index (χ1) is 10.7. The van der Waals surface area contributed by atoms with Crippen molar-refractivity contribution in [1.82, 2.24) is 0 Å². The van der Waals surface area contributed by atoms with Crippen LogP contribution in [0.5, 0.6) is 11.5 Å². The minimum absolute atomic E-state index is 0.0290. The molecule has 2 aromatic carbocycles. The molecule has 0 saturated carbocycles. The van der Waals surface area contributed by atoms with Crippen LogP contribution >= 0.6 is 0 Å². The van der Waals surface area contributed by atoms with Crippen molar-refractivity contribution in [2.45, 2.75) is 13.5 Å². The summed E-state index contributed by atoms with van der Waals surface area (Å²) in [5.41, 5.74) is 0.755. The van der Waals surface area contributed by atoms with Crippen LogP contribution in [0, 0.1) is 10.1 Å². The molecule has 0 aliphatic heterocycles. The molecule has 0 aliphatic rings. The van der Waals surface area contributed by atoms with Gasteiger partial charge >= 0.3 is 5.69 Å². The molecule has 2 aromatic rings. The fourth-order valence-corrected chi connectivity index (χ4v) is 1.95. The lowest BCUT2D eigenvalue weighted by atomic mass is 10.2. The average molecular weight is 301 g/mol. The summed E-state index contributed by atoms with van der Waals surface area (Å²) in [6.45, 7) is 2.23. The summed E-state index contributed by atoms with van der Waals surface area (Å²) in [7, 11) is 0. The molecule has 0 atom stereocenters. The van der Waals surface area contributed by atoms with Crippen LogP contribution in [0.4, 0.5) is 5.69 Å².